The molecule has 0 aliphatic carbocycles. The number of thioether (sulfide) groups is 1. The number of nitrogens with one attached hydrogen (secondary N) is 1. The van der Waals surface area contributed by atoms with Gasteiger partial charge >= 0.3 is 12.1 Å². The number of benzene rings is 1. The van der Waals surface area contributed by atoms with E-state index in [-0.39, 0.29) is 30.2 Å². The molecule has 27 heavy (non-hydrogen) atoms. The third-order valence-electron chi connectivity index (χ3n) is 4.75. The summed E-state index contributed by atoms with van der Waals surface area (Å²) in [4.78, 5) is 37.5. The molecule has 2 N–H and O–H groups in total. The monoisotopic (exact) mass is 390 g/mol. The van der Waals surface area contributed by atoms with Crippen molar-refractivity contribution in [2.24, 2.45) is 5.92 Å². The van der Waals surface area contributed by atoms with Gasteiger partial charge in [0, 0.05) is 23.6 Å². The van der Waals surface area contributed by atoms with Gasteiger partial charge in [-0.25, -0.2) is 9.59 Å². The van der Waals surface area contributed by atoms with E-state index in [2.05, 4.69) is 5.32 Å². The van der Waals surface area contributed by atoms with Crippen molar-refractivity contribution in [3.8, 4) is 0 Å². The summed E-state index contributed by atoms with van der Waals surface area (Å²) in [7, 11) is 0. The van der Waals surface area contributed by atoms with Crippen molar-refractivity contribution in [2.75, 3.05) is 12.3 Å². The van der Waals surface area contributed by atoms with Gasteiger partial charge in [-0.2, -0.15) is 0 Å². The highest BCUT2D eigenvalue weighted by Gasteiger charge is 2.54. The molecule has 1 fully saturated rings. The van der Waals surface area contributed by atoms with Crippen molar-refractivity contribution < 1.29 is 24.2 Å². The predicted octanol–water partition coefficient (Wildman–Crippen LogP) is 2.58. The number of carboxylic acid groups (broad SMARTS) is 1. The lowest BCUT2D eigenvalue weighted by Crippen LogP contribution is -2.58. The minimum atomic E-state index is -1.07. The zero-order valence-corrected chi connectivity index (χ0v) is 15.8. The summed E-state index contributed by atoms with van der Waals surface area (Å²) in [5.41, 5.74) is 1.01. The van der Waals surface area contributed by atoms with Crippen LogP contribution in [-0.2, 0) is 20.9 Å². The second kappa shape index (κ2) is 8.47. The highest BCUT2D eigenvalue weighted by Crippen LogP contribution is 2.46. The van der Waals surface area contributed by atoms with Gasteiger partial charge in [-0.3, -0.25) is 4.79 Å². The number of rotatable bonds is 8. The number of carbonyl (C=O) groups is 3. The van der Waals surface area contributed by atoms with Crippen LogP contribution in [0.15, 0.2) is 40.9 Å². The number of nitrogens with zero attached hydrogens (tertiary/aromatic N) is 1. The normalized spacial score (nSPS) is 20.9. The summed E-state index contributed by atoms with van der Waals surface area (Å²) >= 11 is 1.37. The standard InChI is InChI=1S/C19H22N2O5S/c1-2-13-14-10-15(16(18(23)24)21(14)17(13)22)27-9-8-20-19(25)26-11-12-6-4-3-5-7-12/h3-7,13-14H,2,8-11H2,1H3,(H,20,25)(H,23,24). The Morgan fingerprint density at radius 2 is 2.07 bits per heavy atom. The van der Waals surface area contributed by atoms with Gasteiger partial charge in [0.2, 0.25) is 5.91 Å². The fourth-order valence-electron chi connectivity index (χ4n) is 3.43. The summed E-state index contributed by atoms with van der Waals surface area (Å²) in [6.07, 6.45) is 0.789. The van der Waals surface area contributed by atoms with Crippen molar-refractivity contribution in [1.29, 1.82) is 0 Å². The number of ether oxygens (including phenoxy) is 1. The Balaban J connectivity index is 1.44. The van der Waals surface area contributed by atoms with E-state index in [1.54, 1.807) is 0 Å². The maximum Gasteiger partial charge on any atom is 0.407 e. The Kier molecular flexibility index (Phi) is 6.05. The average Bonchev–Trinajstić information content (AvgIpc) is 3.00. The van der Waals surface area contributed by atoms with Crippen LogP contribution in [0.2, 0.25) is 0 Å². The van der Waals surface area contributed by atoms with E-state index in [1.165, 1.54) is 16.7 Å². The van der Waals surface area contributed by atoms with Crippen LogP contribution >= 0.6 is 11.8 Å². The van der Waals surface area contributed by atoms with Crippen molar-refractivity contribution in [1.82, 2.24) is 10.2 Å². The molecule has 0 bridgehead atoms. The second-order valence-corrected chi connectivity index (χ2v) is 7.60. The Morgan fingerprint density at radius 3 is 2.74 bits per heavy atom. The van der Waals surface area contributed by atoms with Crippen molar-refractivity contribution in [3.63, 3.8) is 0 Å². The lowest BCUT2D eigenvalue weighted by molar-refractivity contribution is -0.155. The zero-order valence-electron chi connectivity index (χ0n) is 15.0. The fraction of sp³-hybridized carbons (Fsp3) is 0.421. The summed E-state index contributed by atoms with van der Waals surface area (Å²) in [6.45, 7) is 2.49. The molecule has 2 atom stereocenters. The van der Waals surface area contributed by atoms with Crippen LogP contribution in [-0.4, -0.2) is 46.3 Å². The lowest BCUT2D eigenvalue weighted by atomic mass is 9.85. The predicted molar refractivity (Wildman–Crippen MR) is 101 cm³/mol. The molecular weight excluding hydrogens is 368 g/mol. The van der Waals surface area contributed by atoms with Gasteiger partial charge in [-0.1, -0.05) is 37.3 Å². The molecule has 3 rings (SSSR count). The number of carbonyl (C=O) groups excluding carboxylic acids is 2. The van der Waals surface area contributed by atoms with E-state index < -0.39 is 12.1 Å². The Hall–Kier alpha value is -2.48. The Bertz CT molecular complexity index is 765. The van der Waals surface area contributed by atoms with Crippen LogP contribution in [0.3, 0.4) is 0 Å². The first-order valence-corrected chi connectivity index (χ1v) is 9.88. The first kappa shape index (κ1) is 19.3. The molecule has 144 valence electrons. The smallest absolute Gasteiger partial charge is 0.407 e. The van der Waals surface area contributed by atoms with Gasteiger partial charge in [0.05, 0.1) is 12.0 Å². The van der Waals surface area contributed by atoms with Gasteiger partial charge in [-0.05, 0) is 12.0 Å². The summed E-state index contributed by atoms with van der Waals surface area (Å²) < 4.78 is 5.13. The molecular formula is C19H22N2O5S. The minimum absolute atomic E-state index is 0.0279. The molecule has 8 heteroatoms. The molecule has 1 aromatic carbocycles. The maximum absolute atomic E-state index is 12.1. The van der Waals surface area contributed by atoms with Crippen LogP contribution in [0.5, 0.6) is 0 Å². The van der Waals surface area contributed by atoms with Crippen LogP contribution < -0.4 is 5.32 Å². The number of hydrogen-bond acceptors (Lipinski definition) is 5. The first-order chi connectivity index (χ1) is 13.0. The molecule has 0 spiro atoms. The van der Waals surface area contributed by atoms with Crippen LogP contribution in [0.25, 0.3) is 0 Å². The zero-order chi connectivity index (χ0) is 19.4. The largest absolute Gasteiger partial charge is 0.477 e. The number of β-lactam (4-membered cyclic amide) rings is 1. The number of alkyl carbamates (subject to hydrolysis) is 1. The van der Waals surface area contributed by atoms with Gasteiger partial charge in [0.1, 0.15) is 12.3 Å². The number of fused-ring (bicyclic) bond motifs is 1. The van der Waals surface area contributed by atoms with Gasteiger partial charge in [-0.15, -0.1) is 11.8 Å². The Labute approximate surface area is 161 Å². The van der Waals surface area contributed by atoms with Gasteiger partial charge in [0.25, 0.3) is 0 Å². The van der Waals surface area contributed by atoms with Crippen LogP contribution in [0.1, 0.15) is 25.3 Å². The minimum Gasteiger partial charge on any atom is -0.477 e. The third kappa shape index (κ3) is 4.10. The molecule has 0 radical (unpaired) electrons. The SMILES string of the molecule is CCC1C(=O)N2C(C(=O)O)=C(SCCNC(=O)OCc3ccccc3)CC12. The Morgan fingerprint density at radius 1 is 1.33 bits per heavy atom. The van der Waals surface area contributed by atoms with E-state index in [0.29, 0.717) is 23.6 Å². The molecule has 2 heterocycles. The van der Waals surface area contributed by atoms with Gasteiger partial charge in [0.15, 0.2) is 0 Å². The molecule has 2 unspecified atom stereocenters. The molecule has 2 aliphatic heterocycles. The second-order valence-electron chi connectivity index (χ2n) is 6.41. The molecule has 2 aliphatic rings. The summed E-state index contributed by atoms with van der Waals surface area (Å²) in [5.74, 6) is -0.738. The highest BCUT2D eigenvalue weighted by atomic mass is 32.2. The van der Waals surface area contributed by atoms with E-state index in [9.17, 15) is 19.5 Å². The molecule has 2 amide bonds. The topological polar surface area (TPSA) is 95.9 Å². The van der Waals surface area contributed by atoms with E-state index in [1.807, 2.05) is 37.3 Å². The number of amides is 2. The van der Waals surface area contributed by atoms with Gasteiger partial charge < -0.3 is 20.1 Å². The third-order valence-corrected chi connectivity index (χ3v) is 5.87. The first-order valence-electron chi connectivity index (χ1n) is 8.89. The fourth-order valence-corrected chi connectivity index (χ4v) is 4.49. The molecule has 1 aromatic rings. The van der Waals surface area contributed by atoms with E-state index >= 15 is 0 Å². The maximum atomic E-state index is 12.1. The molecule has 1 saturated heterocycles. The van der Waals surface area contributed by atoms with E-state index in [4.69, 9.17) is 4.74 Å². The number of hydrogen-bond donors (Lipinski definition) is 2. The lowest BCUT2D eigenvalue weighted by Gasteiger charge is -2.42. The summed E-state index contributed by atoms with van der Waals surface area (Å²) in [5, 5.41) is 12.1. The molecule has 0 saturated carbocycles. The molecule has 0 aromatic heterocycles. The van der Waals surface area contributed by atoms with Crippen molar-refractivity contribution in [3.05, 3.63) is 46.5 Å². The van der Waals surface area contributed by atoms with Crippen LogP contribution in [0, 0.1) is 5.92 Å². The van der Waals surface area contributed by atoms with Crippen LogP contribution in [0.4, 0.5) is 4.79 Å². The average molecular weight is 390 g/mol. The molecule has 7 nitrogen and oxygen atoms in total. The number of carboxylic acids is 1. The summed E-state index contributed by atoms with van der Waals surface area (Å²) in [6, 6.07) is 9.36. The number of aliphatic carboxylic acids is 1. The van der Waals surface area contributed by atoms with Crippen molar-refractivity contribution in [2.45, 2.75) is 32.4 Å². The van der Waals surface area contributed by atoms with E-state index in [0.717, 1.165) is 12.0 Å². The quantitative estimate of drug-likeness (QED) is 0.523. The van der Waals surface area contributed by atoms with Crippen molar-refractivity contribution >= 4 is 29.7 Å². The highest BCUT2D eigenvalue weighted by molar-refractivity contribution is 8.03.